The van der Waals surface area contributed by atoms with Gasteiger partial charge in [-0.2, -0.15) is 0 Å². The average Bonchev–Trinajstić information content (AvgIpc) is 1.66. The first-order valence-corrected chi connectivity index (χ1v) is 2.88. The third-order valence-corrected chi connectivity index (χ3v) is 0.899. The van der Waals surface area contributed by atoms with Crippen LogP contribution in [0.1, 0.15) is 26.7 Å². The maximum absolute atomic E-state index is 10.3. The lowest BCUT2D eigenvalue weighted by Gasteiger charge is -1.84. The summed E-state index contributed by atoms with van der Waals surface area (Å²) in [5.74, 6) is 0.267. The van der Waals surface area contributed by atoms with Crippen molar-refractivity contribution in [2.24, 2.45) is 0 Å². The minimum Gasteiger partial charge on any atom is -0.300 e. The van der Waals surface area contributed by atoms with Crippen molar-refractivity contribution in [1.82, 2.24) is 0 Å². The largest absolute Gasteiger partial charge is 0.300 e. The molecule has 46 valence electrons. The van der Waals surface area contributed by atoms with Crippen molar-refractivity contribution >= 4 is 5.78 Å². The summed E-state index contributed by atoms with van der Waals surface area (Å²) in [5, 5.41) is 0. The molecule has 0 amide bonds. The highest BCUT2D eigenvalue weighted by Crippen LogP contribution is 1.90. The zero-order chi connectivity index (χ0) is 6.41. The fourth-order valence-corrected chi connectivity index (χ4v) is 0.453. The predicted molar refractivity (Wildman–Crippen MR) is 34.7 cm³/mol. The molecule has 0 fully saturated rings. The number of Topliss-reactive ketones (excluding diaryl/α,β-unsaturated/α-hetero) is 1. The van der Waals surface area contributed by atoms with Crippen LogP contribution in [-0.4, -0.2) is 5.78 Å². The van der Waals surface area contributed by atoms with Gasteiger partial charge in [-0.15, -0.1) is 0 Å². The van der Waals surface area contributed by atoms with Crippen LogP contribution in [0.25, 0.3) is 0 Å². The third kappa shape index (κ3) is 5.41. The number of rotatable bonds is 3. The molecule has 0 spiro atoms. The Kier molecular flexibility index (Phi) is 4.23. The van der Waals surface area contributed by atoms with E-state index in [1.165, 1.54) is 0 Å². The Hall–Kier alpha value is -0.590. The molecule has 8 heavy (non-hydrogen) atoms. The normalized spacial score (nSPS) is 10.2. The molecule has 0 radical (unpaired) electrons. The van der Waals surface area contributed by atoms with E-state index in [-0.39, 0.29) is 5.78 Å². The summed E-state index contributed by atoms with van der Waals surface area (Å²) in [7, 11) is 0. The molecule has 0 aromatic rings. The standard InChI is InChI=1S/C7H12O/c1-3-4-5-6-7(2)8/h3-4H,5-6H2,1-2H3/b4-3-. The molecular formula is C7H12O. The van der Waals surface area contributed by atoms with Gasteiger partial charge in [0.15, 0.2) is 0 Å². The number of ketones is 1. The molecule has 0 atom stereocenters. The average molecular weight is 112 g/mol. The van der Waals surface area contributed by atoms with E-state index in [2.05, 4.69) is 0 Å². The Bertz CT molecular complexity index is 92.6. The number of hydrogen-bond acceptors (Lipinski definition) is 1. The van der Waals surface area contributed by atoms with Crippen molar-refractivity contribution in [3.05, 3.63) is 12.2 Å². The maximum atomic E-state index is 10.3. The predicted octanol–water partition coefficient (Wildman–Crippen LogP) is 1.93. The van der Waals surface area contributed by atoms with Gasteiger partial charge in [0, 0.05) is 6.42 Å². The molecule has 0 N–H and O–H groups in total. The molecule has 0 saturated carbocycles. The van der Waals surface area contributed by atoms with E-state index in [1.54, 1.807) is 6.92 Å². The molecule has 0 aromatic carbocycles. The maximum Gasteiger partial charge on any atom is 0.130 e. The Morgan fingerprint density at radius 2 is 2.25 bits per heavy atom. The molecule has 0 saturated heterocycles. The van der Waals surface area contributed by atoms with E-state index in [9.17, 15) is 4.79 Å². The molecular weight excluding hydrogens is 100 g/mol. The molecule has 1 nitrogen and oxygen atoms in total. The summed E-state index contributed by atoms with van der Waals surface area (Å²) in [6.07, 6.45) is 5.54. The molecule has 0 rings (SSSR count). The zero-order valence-electron chi connectivity index (χ0n) is 5.48. The van der Waals surface area contributed by atoms with Gasteiger partial charge in [0.1, 0.15) is 5.78 Å². The van der Waals surface area contributed by atoms with Crippen LogP contribution in [0.4, 0.5) is 0 Å². The van der Waals surface area contributed by atoms with Crippen LogP contribution in [0.5, 0.6) is 0 Å². The second kappa shape index (κ2) is 4.57. The lowest BCUT2D eigenvalue weighted by atomic mass is 10.2. The van der Waals surface area contributed by atoms with Gasteiger partial charge in [-0.3, -0.25) is 0 Å². The van der Waals surface area contributed by atoms with Crippen LogP contribution in [0.15, 0.2) is 12.2 Å². The molecule has 0 aliphatic rings. The first-order valence-electron chi connectivity index (χ1n) is 2.88. The van der Waals surface area contributed by atoms with E-state index < -0.39 is 0 Å². The number of carbonyl (C=O) groups is 1. The highest BCUT2D eigenvalue weighted by atomic mass is 16.1. The minimum absolute atomic E-state index is 0.267. The molecule has 0 aliphatic heterocycles. The van der Waals surface area contributed by atoms with Crippen LogP contribution in [0.3, 0.4) is 0 Å². The van der Waals surface area contributed by atoms with Gasteiger partial charge in [0.2, 0.25) is 0 Å². The summed E-state index contributed by atoms with van der Waals surface area (Å²) in [6.45, 7) is 3.57. The van der Waals surface area contributed by atoms with Gasteiger partial charge < -0.3 is 4.79 Å². The third-order valence-electron chi connectivity index (χ3n) is 0.899. The number of allylic oxidation sites excluding steroid dienone is 2. The van der Waals surface area contributed by atoms with Crippen LogP contribution in [0, 0.1) is 0 Å². The van der Waals surface area contributed by atoms with Gasteiger partial charge in [-0.1, -0.05) is 12.2 Å². The van der Waals surface area contributed by atoms with E-state index >= 15 is 0 Å². The SMILES string of the molecule is C/C=C\CCC(C)=O. The smallest absolute Gasteiger partial charge is 0.130 e. The Labute approximate surface area is 50.4 Å². The van der Waals surface area contributed by atoms with Crippen molar-refractivity contribution < 1.29 is 4.79 Å². The Morgan fingerprint density at radius 1 is 1.62 bits per heavy atom. The van der Waals surface area contributed by atoms with Crippen molar-refractivity contribution in [2.45, 2.75) is 26.7 Å². The van der Waals surface area contributed by atoms with Gasteiger partial charge in [0.05, 0.1) is 0 Å². The van der Waals surface area contributed by atoms with E-state index in [4.69, 9.17) is 0 Å². The minimum atomic E-state index is 0.267. The molecule has 0 aromatic heterocycles. The highest BCUT2D eigenvalue weighted by molar-refractivity contribution is 5.75. The van der Waals surface area contributed by atoms with Crippen molar-refractivity contribution in [1.29, 1.82) is 0 Å². The topological polar surface area (TPSA) is 17.1 Å². The van der Waals surface area contributed by atoms with Crippen molar-refractivity contribution in [2.75, 3.05) is 0 Å². The fourth-order valence-electron chi connectivity index (χ4n) is 0.453. The zero-order valence-corrected chi connectivity index (χ0v) is 5.48. The molecule has 0 unspecified atom stereocenters. The van der Waals surface area contributed by atoms with E-state index in [0.29, 0.717) is 6.42 Å². The van der Waals surface area contributed by atoms with Gasteiger partial charge in [-0.25, -0.2) is 0 Å². The van der Waals surface area contributed by atoms with Crippen LogP contribution in [-0.2, 0) is 4.79 Å². The van der Waals surface area contributed by atoms with E-state index in [1.807, 2.05) is 19.1 Å². The first kappa shape index (κ1) is 7.41. The summed E-state index contributed by atoms with van der Waals surface area (Å²) < 4.78 is 0. The van der Waals surface area contributed by atoms with Gasteiger partial charge >= 0.3 is 0 Å². The van der Waals surface area contributed by atoms with Crippen LogP contribution in [0.2, 0.25) is 0 Å². The summed E-state index contributed by atoms with van der Waals surface area (Å²) in [4.78, 5) is 10.3. The monoisotopic (exact) mass is 112 g/mol. The van der Waals surface area contributed by atoms with E-state index in [0.717, 1.165) is 6.42 Å². The Balaban J connectivity index is 3.05. The first-order chi connectivity index (χ1) is 3.77. The fraction of sp³-hybridized carbons (Fsp3) is 0.571. The quantitative estimate of drug-likeness (QED) is 0.510. The molecule has 0 heterocycles. The van der Waals surface area contributed by atoms with Crippen LogP contribution >= 0.6 is 0 Å². The molecule has 0 aliphatic carbocycles. The number of hydrogen-bond donors (Lipinski definition) is 0. The highest BCUT2D eigenvalue weighted by Gasteiger charge is 1.86. The van der Waals surface area contributed by atoms with Crippen LogP contribution < -0.4 is 0 Å². The molecule has 1 heteroatoms. The van der Waals surface area contributed by atoms with Crippen molar-refractivity contribution in [3.8, 4) is 0 Å². The summed E-state index contributed by atoms with van der Waals surface area (Å²) in [6, 6.07) is 0. The second-order valence-corrected chi connectivity index (χ2v) is 1.81. The lowest BCUT2D eigenvalue weighted by molar-refractivity contribution is -0.116. The lowest BCUT2D eigenvalue weighted by Crippen LogP contribution is -1.85. The summed E-state index contributed by atoms with van der Waals surface area (Å²) >= 11 is 0. The van der Waals surface area contributed by atoms with Crippen molar-refractivity contribution in [3.63, 3.8) is 0 Å². The number of carbonyl (C=O) groups excluding carboxylic acids is 1. The summed E-state index contributed by atoms with van der Waals surface area (Å²) in [5.41, 5.74) is 0. The second-order valence-electron chi connectivity index (χ2n) is 1.81. The molecule has 0 bridgehead atoms. The van der Waals surface area contributed by atoms with Gasteiger partial charge in [-0.05, 0) is 20.3 Å². The Morgan fingerprint density at radius 3 is 2.62 bits per heavy atom. The van der Waals surface area contributed by atoms with Gasteiger partial charge in [0.25, 0.3) is 0 Å².